The first-order valence-electron chi connectivity index (χ1n) is 6.78. The summed E-state index contributed by atoms with van der Waals surface area (Å²) in [5.41, 5.74) is 2.34. The topological polar surface area (TPSA) is 37.9 Å². The Bertz CT molecular complexity index is 766. The molecule has 0 unspecified atom stereocenters. The molecule has 1 N–H and O–H groups in total. The molecule has 0 amide bonds. The maximum Gasteiger partial charge on any atom is 0.573 e. The van der Waals surface area contributed by atoms with Crippen molar-refractivity contribution in [1.29, 1.82) is 0 Å². The number of aromatic nitrogens is 2. The summed E-state index contributed by atoms with van der Waals surface area (Å²) >= 11 is 0. The van der Waals surface area contributed by atoms with Crippen molar-refractivity contribution in [1.82, 2.24) is 9.97 Å². The Labute approximate surface area is 124 Å². The largest absolute Gasteiger partial charge is 0.573 e. The molecule has 0 aliphatic heterocycles. The van der Waals surface area contributed by atoms with E-state index in [-0.39, 0.29) is 5.75 Å². The molecule has 0 saturated heterocycles. The summed E-state index contributed by atoms with van der Waals surface area (Å²) in [4.78, 5) is 7.41. The van der Waals surface area contributed by atoms with Gasteiger partial charge in [-0.1, -0.05) is 30.3 Å². The molecule has 0 aliphatic rings. The van der Waals surface area contributed by atoms with Gasteiger partial charge < -0.3 is 9.72 Å². The van der Waals surface area contributed by atoms with Crippen LogP contribution in [0.2, 0.25) is 0 Å². The Morgan fingerprint density at radius 3 is 2.50 bits per heavy atom. The summed E-state index contributed by atoms with van der Waals surface area (Å²) in [5, 5.41) is 0. The number of imidazole rings is 1. The van der Waals surface area contributed by atoms with Gasteiger partial charge in [0.05, 0.1) is 11.0 Å². The van der Waals surface area contributed by atoms with Crippen LogP contribution in [0.1, 0.15) is 11.4 Å². The number of rotatable bonds is 4. The molecule has 3 aromatic rings. The fourth-order valence-electron chi connectivity index (χ4n) is 2.26. The molecule has 3 nitrogen and oxygen atoms in total. The van der Waals surface area contributed by atoms with Crippen molar-refractivity contribution in [3.63, 3.8) is 0 Å². The van der Waals surface area contributed by atoms with Gasteiger partial charge in [-0.15, -0.1) is 13.2 Å². The first-order chi connectivity index (χ1) is 10.5. The number of hydrogen-bond acceptors (Lipinski definition) is 2. The van der Waals surface area contributed by atoms with Crippen LogP contribution in [-0.4, -0.2) is 16.3 Å². The molecule has 1 heterocycles. The number of nitrogens with zero attached hydrogens (tertiary/aromatic N) is 1. The number of hydrogen-bond donors (Lipinski definition) is 1. The summed E-state index contributed by atoms with van der Waals surface area (Å²) in [7, 11) is 0. The molecule has 1 aromatic heterocycles. The van der Waals surface area contributed by atoms with Crippen molar-refractivity contribution in [3.8, 4) is 5.75 Å². The Morgan fingerprint density at radius 2 is 1.77 bits per heavy atom. The lowest BCUT2D eigenvalue weighted by Crippen LogP contribution is -2.16. The van der Waals surface area contributed by atoms with E-state index >= 15 is 0 Å². The molecule has 0 atom stereocenters. The van der Waals surface area contributed by atoms with Gasteiger partial charge in [-0.25, -0.2) is 4.98 Å². The van der Waals surface area contributed by atoms with Crippen LogP contribution in [0.15, 0.2) is 48.5 Å². The average Bonchev–Trinajstić information content (AvgIpc) is 2.86. The smallest absolute Gasteiger partial charge is 0.406 e. The van der Waals surface area contributed by atoms with Crippen molar-refractivity contribution in [2.75, 3.05) is 0 Å². The van der Waals surface area contributed by atoms with Gasteiger partial charge in [-0.3, -0.25) is 0 Å². The quantitative estimate of drug-likeness (QED) is 0.782. The number of H-pyrrole nitrogens is 1. The summed E-state index contributed by atoms with van der Waals surface area (Å²) in [6.45, 7) is 0. The molecule has 3 rings (SSSR count). The van der Waals surface area contributed by atoms with Crippen LogP contribution in [0.3, 0.4) is 0 Å². The minimum atomic E-state index is -4.69. The molecular formula is C16H13F3N2O. The van der Waals surface area contributed by atoms with Gasteiger partial charge in [-0.05, 0) is 24.1 Å². The lowest BCUT2D eigenvalue weighted by Gasteiger charge is -2.07. The highest BCUT2D eigenvalue weighted by atomic mass is 19.4. The molecule has 0 spiro atoms. The van der Waals surface area contributed by atoms with E-state index in [0.717, 1.165) is 12.2 Å². The van der Waals surface area contributed by atoms with Crippen LogP contribution in [-0.2, 0) is 12.8 Å². The number of nitrogens with one attached hydrogen (secondary N) is 1. The molecule has 0 saturated carbocycles. The highest BCUT2D eigenvalue weighted by Crippen LogP contribution is 2.25. The molecule has 22 heavy (non-hydrogen) atoms. The van der Waals surface area contributed by atoms with Gasteiger partial charge in [0, 0.05) is 12.5 Å². The van der Waals surface area contributed by atoms with Gasteiger partial charge in [0.15, 0.2) is 0 Å². The summed E-state index contributed by atoms with van der Waals surface area (Å²) in [5.74, 6) is 0.487. The van der Waals surface area contributed by atoms with Gasteiger partial charge in [0.25, 0.3) is 0 Å². The zero-order valence-electron chi connectivity index (χ0n) is 11.5. The van der Waals surface area contributed by atoms with Crippen LogP contribution in [0.25, 0.3) is 11.0 Å². The molecule has 6 heteroatoms. The number of halogens is 3. The van der Waals surface area contributed by atoms with E-state index in [1.165, 1.54) is 23.8 Å². The molecule has 0 radical (unpaired) electrons. The molecular weight excluding hydrogens is 293 g/mol. The second-order valence-corrected chi connectivity index (χ2v) is 4.90. The fraction of sp³-hybridized carbons (Fsp3) is 0.188. The normalized spacial score (nSPS) is 11.8. The van der Waals surface area contributed by atoms with Crippen LogP contribution < -0.4 is 4.74 Å². The number of aromatic amines is 1. The standard InChI is InChI=1S/C16H13F3N2O/c17-16(18,19)22-12-7-8-13-14(10-12)21-15(20-13)9-6-11-4-2-1-3-5-11/h1-5,7-8,10H,6,9H2,(H,20,21). The van der Waals surface area contributed by atoms with E-state index in [0.29, 0.717) is 17.5 Å². The monoisotopic (exact) mass is 306 g/mol. The Hall–Kier alpha value is -2.50. The van der Waals surface area contributed by atoms with E-state index in [9.17, 15) is 13.2 Å². The summed E-state index contributed by atoms with van der Waals surface area (Å²) < 4.78 is 40.5. The lowest BCUT2D eigenvalue weighted by molar-refractivity contribution is -0.274. The first-order valence-corrected chi connectivity index (χ1v) is 6.78. The number of ether oxygens (including phenoxy) is 1. The van der Waals surface area contributed by atoms with Crippen molar-refractivity contribution >= 4 is 11.0 Å². The molecule has 0 bridgehead atoms. The van der Waals surface area contributed by atoms with Crippen LogP contribution in [0.4, 0.5) is 13.2 Å². The zero-order chi connectivity index (χ0) is 15.6. The summed E-state index contributed by atoms with van der Waals surface area (Å²) in [6.07, 6.45) is -3.19. The Morgan fingerprint density at radius 1 is 1.00 bits per heavy atom. The zero-order valence-corrected chi connectivity index (χ0v) is 11.5. The minimum absolute atomic E-state index is 0.252. The average molecular weight is 306 g/mol. The van der Waals surface area contributed by atoms with Crippen LogP contribution in [0, 0.1) is 0 Å². The Balaban J connectivity index is 1.75. The van der Waals surface area contributed by atoms with Gasteiger partial charge >= 0.3 is 6.36 Å². The van der Waals surface area contributed by atoms with Gasteiger partial charge in [0.2, 0.25) is 0 Å². The number of benzene rings is 2. The third-order valence-corrected chi connectivity index (χ3v) is 3.23. The van der Waals surface area contributed by atoms with E-state index in [4.69, 9.17) is 0 Å². The van der Waals surface area contributed by atoms with Gasteiger partial charge in [-0.2, -0.15) is 0 Å². The molecule has 114 valence electrons. The van der Waals surface area contributed by atoms with Gasteiger partial charge in [0.1, 0.15) is 11.6 Å². The van der Waals surface area contributed by atoms with Crippen LogP contribution in [0.5, 0.6) is 5.75 Å². The predicted octanol–water partition coefficient (Wildman–Crippen LogP) is 4.25. The van der Waals surface area contributed by atoms with E-state index in [2.05, 4.69) is 14.7 Å². The van der Waals surface area contributed by atoms with E-state index < -0.39 is 6.36 Å². The highest BCUT2D eigenvalue weighted by Gasteiger charge is 2.31. The highest BCUT2D eigenvalue weighted by molar-refractivity contribution is 5.76. The number of fused-ring (bicyclic) bond motifs is 1. The first kappa shape index (κ1) is 14.4. The second-order valence-electron chi connectivity index (χ2n) is 4.90. The lowest BCUT2D eigenvalue weighted by atomic mass is 10.1. The SMILES string of the molecule is FC(F)(F)Oc1ccc2nc(CCc3ccccc3)[nH]c2c1. The Kier molecular flexibility index (Phi) is 3.75. The number of aryl methyl sites for hydroxylation is 2. The third-order valence-electron chi connectivity index (χ3n) is 3.23. The summed E-state index contributed by atoms with van der Waals surface area (Å²) in [6, 6.07) is 14.0. The predicted molar refractivity (Wildman–Crippen MR) is 76.6 cm³/mol. The third kappa shape index (κ3) is 3.58. The van der Waals surface area contributed by atoms with Crippen LogP contribution >= 0.6 is 0 Å². The maximum atomic E-state index is 12.2. The van der Waals surface area contributed by atoms with Crippen molar-refractivity contribution in [2.24, 2.45) is 0 Å². The van der Waals surface area contributed by atoms with Crippen molar-refractivity contribution in [3.05, 3.63) is 59.9 Å². The minimum Gasteiger partial charge on any atom is -0.406 e. The number of alkyl halides is 3. The fourth-order valence-corrected chi connectivity index (χ4v) is 2.26. The van der Waals surface area contributed by atoms with E-state index in [1.54, 1.807) is 0 Å². The second kappa shape index (κ2) is 5.71. The maximum absolute atomic E-state index is 12.2. The molecule has 2 aromatic carbocycles. The van der Waals surface area contributed by atoms with Crippen molar-refractivity contribution in [2.45, 2.75) is 19.2 Å². The molecule has 0 aliphatic carbocycles. The molecule has 0 fully saturated rings. The van der Waals surface area contributed by atoms with Crippen molar-refractivity contribution < 1.29 is 17.9 Å². The van der Waals surface area contributed by atoms with E-state index in [1.807, 2.05) is 30.3 Å².